The van der Waals surface area contributed by atoms with Crippen molar-refractivity contribution < 1.29 is 14.3 Å². The molecule has 0 aliphatic rings. The van der Waals surface area contributed by atoms with E-state index in [0.717, 1.165) is 11.1 Å². The summed E-state index contributed by atoms with van der Waals surface area (Å²) in [6, 6.07) is 5.55. The lowest BCUT2D eigenvalue weighted by Gasteiger charge is -2.04. The summed E-state index contributed by atoms with van der Waals surface area (Å²) < 4.78 is 6.51. The third-order valence-electron chi connectivity index (χ3n) is 2.93. The normalized spacial score (nSPS) is 11.0. The maximum absolute atomic E-state index is 11.3. The molecule has 0 aliphatic carbocycles. The molecule has 6 heteroatoms. The molecule has 1 aromatic heterocycles. The molecule has 0 spiro atoms. The monoisotopic (exact) mass is 264 g/mol. The average molecular weight is 264 g/mol. The molecule has 2 aromatic rings. The Morgan fingerprint density at radius 2 is 2.26 bits per heavy atom. The zero-order valence-corrected chi connectivity index (χ0v) is 10.7. The zero-order chi connectivity index (χ0) is 13.8. The van der Waals surface area contributed by atoms with Crippen LogP contribution in [-0.2, 0) is 18.4 Å². The number of aryl methyl sites for hydroxylation is 1. The summed E-state index contributed by atoms with van der Waals surface area (Å²) >= 11 is 0. The number of nitrogens with zero attached hydrogens (tertiary/aromatic N) is 1. The summed E-state index contributed by atoms with van der Waals surface area (Å²) in [6.07, 6.45) is 0.768. The van der Waals surface area contributed by atoms with Gasteiger partial charge in [-0.25, -0.2) is 4.79 Å². The zero-order valence-electron chi connectivity index (χ0n) is 10.7. The number of fused-ring (bicyclic) bond motifs is 1. The van der Waals surface area contributed by atoms with Crippen LogP contribution in [0.5, 0.6) is 0 Å². The van der Waals surface area contributed by atoms with Crippen molar-refractivity contribution >= 4 is 17.1 Å². The van der Waals surface area contributed by atoms with E-state index in [2.05, 4.69) is 5.32 Å². The molecule has 0 amide bonds. The van der Waals surface area contributed by atoms with Gasteiger partial charge in [-0.2, -0.15) is 0 Å². The first-order valence-corrected chi connectivity index (χ1v) is 6.09. The van der Waals surface area contributed by atoms with Crippen molar-refractivity contribution in [2.24, 2.45) is 7.05 Å². The van der Waals surface area contributed by atoms with Crippen LogP contribution in [0.1, 0.15) is 18.4 Å². The minimum absolute atomic E-state index is 0.169. The van der Waals surface area contributed by atoms with Gasteiger partial charge in [0.15, 0.2) is 5.58 Å². The summed E-state index contributed by atoms with van der Waals surface area (Å²) in [6.45, 7) is 1.28. The third-order valence-corrected chi connectivity index (χ3v) is 2.93. The maximum Gasteiger partial charge on any atom is 0.419 e. The Hall–Kier alpha value is -2.08. The molecule has 0 bridgehead atoms. The van der Waals surface area contributed by atoms with Gasteiger partial charge in [-0.15, -0.1) is 0 Å². The third kappa shape index (κ3) is 3.23. The molecule has 2 rings (SSSR count). The predicted molar refractivity (Wildman–Crippen MR) is 70.0 cm³/mol. The van der Waals surface area contributed by atoms with E-state index in [9.17, 15) is 9.59 Å². The van der Waals surface area contributed by atoms with Crippen LogP contribution in [0.2, 0.25) is 0 Å². The van der Waals surface area contributed by atoms with Crippen LogP contribution in [0.4, 0.5) is 0 Å². The summed E-state index contributed by atoms with van der Waals surface area (Å²) in [5.41, 5.74) is 2.36. The van der Waals surface area contributed by atoms with Gasteiger partial charge in [0, 0.05) is 20.0 Å². The Morgan fingerprint density at radius 1 is 1.47 bits per heavy atom. The van der Waals surface area contributed by atoms with E-state index in [-0.39, 0.29) is 12.2 Å². The van der Waals surface area contributed by atoms with Crippen molar-refractivity contribution in [2.75, 3.05) is 6.54 Å². The lowest BCUT2D eigenvalue weighted by Crippen LogP contribution is -2.15. The van der Waals surface area contributed by atoms with Crippen LogP contribution < -0.4 is 11.1 Å². The smallest absolute Gasteiger partial charge is 0.419 e. The lowest BCUT2D eigenvalue weighted by molar-refractivity contribution is -0.137. The van der Waals surface area contributed by atoms with Crippen LogP contribution in [0.3, 0.4) is 0 Å². The summed E-state index contributed by atoms with van der Waals surface area (Å²) in [5.74, 6) is -1.15. The van der Waals surface area contributed by atoms with Crippen LogP contribution in [0.15, 0.2) is 27.4 Å². The molecule has 0 radical (unpaired) electrons. The van der Waals surface area contributed by atoms with Gasteiger partial charge >= 0.3 is 11.7 Å². The summed E-state index contributed by atoms with van der Waals surface area (Å²) in [5, 5.41) is 11.7. The standard InChI is InChI=1S/C13H16N2O4/c1-15-10-7-9(4-5-11(10)19-13(15)18)8-14-6-2-3-12(16)17/h4-5,7,14H,2-3,6,8H2,1H3,(H,16,17). The van der Waals surface area contributed by atoms with E-state index in [0.29, 0.717) is 25.1 Å². The van der Waals surface area contributed by atoms with Crippen LogP contribution in [0.25, 0.3) is 11.1 Å². The molecule has 0 unspecified atom stereocenters. The van der Waals surface area contributed by atoms with Crippen molar-refractivity contribution in [1.29, 1.82) is 0 Å². The van der Waals surface area contributed by atoms with E-state index >= 15 is 0 Å². The molecule has 0 aliphatic heterocycles. The number of nitrogens with one attached hydrogen (secondary N) is 1. The molecule has 102 valence electrons. The fourth-order valence-corrected chi connectivity index (χ4v) is 1.88. The fraction of sp³-hybridized carbons (Fsp3) is 0.385. The summed E-state index contributed by atoms with van der Waals surface area (Å²) in [4.78, 5) is 21.7. The minimum Gasteiger partial charge on any atom is -0.481 e. The Morgan fingerprint density at radius 3 is 3.00 bits per heavy atom. The van der Waals surface area contributed by atoms with Crippen LogP contribution in [-0.4, -0.2) is 22.2 Å². The molecule has 2 N–H and O–H groups in total. The number of aliphatic carboxylic acids is 1. The molecule has 0 fully saturated rings. The first-order valence-electron chi connectivity index (χ1n) is 6.09. The minimum atomic E-state index is -0.781. The number of carboxylic acid groups (broad SMARTS) is 1. The predicted octanol–water partition coefficient (Wildman–Crippen LogP) is 1.09. The highest BCUT2D eigenvalue weighted by molar-refractivity contribution is 5.73. The van der Waals surface area contributed by atoms with Gasteiger partial charge in [0.25, 0.3) is 0 Å². The highest BCUT2D eigenvalue weighted by atomic mass is 16.4. The second kappa shape index (κ2) is 5.71. The van der Waals surface area contributed by atoms with Gasteiger partial charge < -0.3 is 14.8 Å². The van der Waals surface area contributed by atoms with Crippen LogP contribution >= 0.6 is 0 Å². The van der Waals surface area contributed by atoms with E-state index in [1.54, 1.807) is 13.1 Å². The van der Waals surface area contributed by atoms with Gasteiger partial charge in [-0.1, -0.05) is 6.07 Å². The maximum atomic E-state index is 11.3. The average Bonchev–Trinajstić information content (AvgIpc) is 2.65. The fourth-order valence-electron chi connectivity index (χ4n) is 1.88. The van der Waals surface area contributed by atoms with Gasteiger partial charge in [0.1, 0.15) is 0 Å². The Bertz CT molecular complexity index is 642. The molecule has 0 saturated heterocycles. The van der Waals surface area contributed by atoms with Crippen molar-refractivity contribution in [3.8, 4) is 0 Å². The Balaban J connectivity index is 1.96. The molecule has 6 nitrogen and oxygen atoms in total. The highest BCUT2D eigenvalue weighted by Crippen LogP contribution is 2.14. The number of hydrogen-bond donors (Lipinski definition) is 2. The van der Waals surface area contributed by atoms with Gasteiger partial charge in [-0.05, 0) is 30.7 Å². The van der Waals surface area contributed by atoms with E-state index in [1.165, 1.54) is 4.57 Å². The molecular weight excluding hydrogens is 248 g/mol. The van der Waals surface area contributed by atoms with Gasteiger partial charge in [-0.3, -0.25) is 9.36 Å². The number of carbonyl (C=O) groups is 1. The van der Waals surface area contributed by atoms with Crippen molar-refractivity contribution in [3.63, 3.8) is 0 Å². The van der Waals surface area contributed by atoms with Gasteiger partial charge in [0.2, 0.25) is 0 Å². The lowest BCUT2D eigenvalue weighted by atomic mass is 10.2. The van der Waals surface area contributed by atoms with Crippen molar-refractivity contribution in [2.45, 2.75) is 19.4 Å². The second-order valence-electron chi connectivity index (χ2n) is 4.40. The molecule has 0 saturated carbocycles. The van der Waals surface area contributed by atoms with E-state index < -0.39 is 5.97 Å². The molecule has 19 heavy (non-hydrogen) atoms. The number of hydrogen-bond acceptors (Lipinski definition) is 4. The van der Waals surface area contributed by atoms with E-state index in [1.807, 2.05) is 12.1 Å². The summed E-state index contributed by atoms with van der Waals surface area (Å²) in [7, 11) is 1.66. The first-order chi connectivity index (χ1) is 9.08. The molecule has 0 atom stereocenters. The van der Waals surface area contributed by atoms with Crippen molar-refractivity contribution in [3.05, 3.63) is 34.3 Å². The number of rotatable bonds is 6. The van der Waals surface area contributed by atoms with Crippen molar-refractivity contribution in [1.82, 2.24) is 9.88 Å². The topological polar surface area (TPSA) is 84.5 Å². The largest absolute Gasteiger partial charge is 0.481 e. The van der Waals surface area contributed by atoms with E-state index in [4.69, 9.17) is 9.52 Å². The molecule has 1 heterocycles. The quantitative estimate of drug-likeness (QED) is 0.763. The number of oxazole rings is 1. The Kier molecular flexibility index (Phi) is 4.01. The second-order valence-corrected chi connectivity index (χ2v) is 4.40. The Labute approximate surface area is 109 Å². The molecular formula is C13H16N2O4. The number of benzene rings is 1. The first kappa shape index (κ1) is 13.4. The van der Waals surface area contributed by atoms with Gasteiger partial charge in [0.05, 0.1) is 5.52 Å². The number of aromatic nitrogens is 1. The number of carboxylic acids is 1. The SMILES string of the molecule is Cn1c(=O)oc2ccc(CNCCCC(=O)O)cc21. The highest BCUT2D eigenvalue weighted by Gasteiger charge is 2.06. The molecule has 1 aromatic carbocycles. The van der Waals surface area contributed by atoms with Crippen LogP contribution in [0, 0.1) is 0 Å².